The van der Waals surface area contributed by atoms with Crippen molar-refractivity contribution < 1.29 is 47.7 Å². The zero-order valence-electron chi connectivity index (χ0n) is 45.4. The van der Waals surface area contributed by atoms with Gasteiger partial charge in [-0.25, -0.2) is 19.4 Å². The molecule has 10 radical (unpaired) electrons. The summed E-state index contributed by atoms with van der Waals surface area (Å²) < 4.78 is 23.7. The molecule has 2 saturated heterocycles. The van der Waals surface area contributed by atoms with E-state index in [1.54, 1.807) is 60.4 Å². The van der Waals surface area contributed by atoms with Crippen molar-refractivity contribution in [2.24, 2.45) is 0 Å². The molecule has 1 unspecified atom stereocenters. The average molecular weight is 1210 g/mol. The molecule has 4 aliphatic heterocycles. The first kappa shape index (κ1) is 62.3. The van der Waals surface area contributed by atoms with Gasteiger partial charge in [0.1, 0.15) is 25.0 Å². The third-order valence-electron chi connectivity index (χ3n) is 13.6. The van der Waals surface area contributed by atoms with E-state index < -0.39 is 70.3 Å². The Hall–Kier alpha value is -4.87. The number of benzene rings is 4. The van der Waals surface area contributed by atoms with Gasteiger partial charge in [-0.15, -0.1) is 0 Å². The van der Waals surface area contributed by atoms with Crippen LogP contribution in [0.4, 0.5) is 9.59 Å². The first-order chi connectivity index (χ1) is 36.6. The van der Waals surface area contributed by atoms with Crippen LogP contribution in [0.3, 0.4) is 0 Å². The van der Waals surface area contributed by atoms with E-state index in [-0.39, 0.29) is 38.4 Å². The summed E-state index contributed by atoms with van der Waals surface area (Å²) in [6.07, 6.45) is -1.78. The monoisotopic (exact) mass is 1210 g/mol. The lowest BCUT2D eigenvalue weighted by atomic mass is 8.68. The maximum absolute atomic E-state index is 13.8. The zero-order chi connectivity index (χ0) is 57.5. The normalized spacial score (nSPS) is 18.6. The number of methoxy groups -OCH3 is 2. The van der Waals surface area contributed by atoms with Gasteiger partial charge in [-0.2, -0.15) is 0 Å². The quantitative estimate of drug-likeness (QED) is 0.0672. The van der Waals surface area contributed by atoms with Crippen molar-refractivity contribution in [3.05, 3.63) is 127 Å². The van der Waals surface area contributed by atoms with E-state index in [0.29, 0.717) is 60.1 Å². The maximum atomic E-state index is 13.8. The summed E-state index contributed by atoms with van der Waals surface area (Å²) >= 11 is 6.85. The largest absolute Gasteiger partial charge is 0.497 e. The second kappa shape index (κ2) is 26.2. The summed E-state index contributed by atoms with van der Waals surface area (Å²) in [7, 11) is 26.3. The molecule has 0 aliphatic carbocycles. The van der Waals surface area contributed by atoms with E-state index in [1.165, 1.54) is 0 Å². The Kier molecular flexibility index (Phi) is 20.9. The van der Waals surface area contributed by atoms with E-state index in [4.69, 9.17) is 57.6 Å². The van der Waals surface area contributed by atoms with Crippen LogP contribution in [0.1, 0.15) is 43.0 Å². The fraction of sp³-hybridized carbons (Fsp3) is 0.400. The highest BCUT2D eigenvalue weighted by molar-refractivity contribution is 9.10. The Balaban J connectivity index is 0.000000221. The van der Waals surface area contributed by atoms with Crippen molar-refractivity contribution in [2.45, 2.75) is 75.5 Å². The van der Waals surface area contributed by atoms with Gasteiger partial charge in [0.05, 0.1) is 27.3 Å². The van der Waals surface area contributed by atoms with Gasteiger partial charge < -0.3 is 39.4 Å². The number of nitrogens with one attached hydrogen (secondary N) is 2. The van der Waals surface area contributed by atoms with Crippen LogP contribution >= 0.6 is 31.9 Å². The van der Waals surface area contributed by atoms with Gasteiger partial charge in [0.25, 0.3) is 23.6 Å². The molecule has 8 rings (SSSR count). The van der Waals surface area contributed by atoms with E-state index in [2.05, 4.69) is 81.8 Å². The van der Waals surface area contributed by atoms with Gasteiger partial charge in [0, 0.05) is 120 Å². The van der Waals surface area contributed by atoms with Crippen molar-refractivity contribution in [1.82, 2.24) is 30.2 Å². The third kappa shape index (κ3) is 14.9. The topological polar surface area (TPSA) is 176 Å². The smallest absolute Gasteiger partial charge is 0.327 e. The van der Waals surface area contributed by atoms with Gasteiger partial charge in [-0.05, 0) is 82.9 Å². The molecule has 4 aliphatic rings. The summed E-state index contributed by atoms with van der Waals surface area (Å²) in [5.41, 5.74) is 1.16. The first-order valence-corrected chi connectivity index (χ1v) is 34.3. The minimum Gasteiger partial charge on any atom is -0.497 e. The van der Waals surface area contributed by atoms with Gasteiger partial charge in [0.2, 0.25) is 0 Å². The molecule has 2 atom stereocenters. The second-order valence-corrected chi connectivity index (χ2v) is 35.0. The van der Waals surface area contributed by atoms with Crippen LogP contribution in [0.5, 0.6) is 11.5 Å². The third-order valence-corrected chi connectivity index (χ3v) is 18.1. The van der Waals surface area contributed by atoms with Crippen LogP contribution in [0.2, 0.25) is 51.4 Å². The summed E-state index contributed by atoms with van der Waals surface area (Å²) in [4.78, 5) is 85.4. The van der Waals surface area contributed by atoms with Crippen LogP contribution in [0.25, 0.3) is 0 Å². The Labute approximate surface area is 484 Å². The average Bonchev–Trinajstić information content (AvgIpc) is 4.03. The maximum Gasteiger partial charge on any atom is 0.327 e. The SMILES string of the molecule is COc1ccc2c(c1)C(=O)N(CC1(c3ccc(Br)cc3)NC(=O)N(COCC[Si](C)(C)C)C1=O)C2.COc1ccc2c(c1)C(=O)N(C[C@@]1(c3ccc(Br)cc3)NC(=O)N(COCC[Si](C)(C)C)C1=O)C2.[B]B([B])B([B])B([B])[B]. The standard InChI is InChI=1S/2C25H30BrN3O5Si.B8/c2*1-33-20-10-5-17-14-28(22(30)21(17)13-20)15-25(18-6-8-19(26)9-7-18)23(31)29(24(32)27-25)16-34-11-12-35(2,3)4;1-6(2)8(5)7(3)4/h2*5-10,13H,11-12,14-16H2,1-4H3,(H,27,32);/t25-;;/m0../s1. The predicted octanol–water partition coefficient (Wildman–Crippen LogP) is 5.30. The van der Waals surface area contributed by atoms with Crippen molar-refractivity contribution in [1.29, 1.82) is 0 Å². The molecule has 8 amide bonds. The van der Waals surface area contributed by atoms with E-state index >= 15 is 0 Å². The first-order valence-electron chi connectivity index (χ1n) is 25.3. The number of amides is 8. The molecule has 4 aromatic rings. The zero-order valence-corrected chi connectivity index (χ0v) is 50.6. The molecule has 28 heteroatoms. The van der Waals surface area contributed by atoms with Crippen LogP contribution in [0, 0.1) is 0 Å². The fourth-order valence-electron chi connectivity index (χ4n) is 8.83. The van der Waals surface area contributed by atoms with Gasteiger partial charge >= 0.3 is 12.1 Å². The second-order valence-electron chi connectivity index (χ2n) is 21.9. The summed E-state index contributed by atoms with van der Waals surface area (Å²) in [6, 6.07) is 25.9. The summed E-state index contributed by atoms with van der Waals surface area (Å²) in [5.74, 6) is -0.0928. The molecule has 396 valence electrons. The molecule has 2 N–H and O–H groups in total. The summed E-state index contributed by atoms with van der Waals surface area (Å²) in [5, 5.41) is 5.78. The lowest BCUT2D eigenvalue weighted by molar-refractivity contribution is -0.136. The van der Waals surface area contributed by atoms with Crippen molar-refractivity contribution >= 4 is 142 Å². The number of hydrogen-bond donors (Lipinski definition) is 2. The molecule has 2 fully saturated rings. The Morgan fingerprint density at radius 2 is 0.897 bits per heavy atom. The molecule has 0 aromatic heterocycles. The van der Waals surface area contributed by atoms with E-state index in [1.807, 2.05) is 48.5 Å². The molecular formula is C50H60B8Br2N6O10Si2. The molecule has 4 heterocycles. The number of ether oxygens (including phenoxy) is 4. The number of carbonyl (C=O) groups is 6. The molecular weight excluding hydrogens is 1150 g/mol. The fourth-order valence-corrected chi connectivity index (χ4v) is 10.9. The minimum absolute atomic E-state index is 0.000436. The molecule has 16 nitrogen and oxygen atoms in total. The number of fused-ring (bicyclic) bond motifs is 2. The Bertz CT molecular complexity index is 2670. The van der Waals surface area contributed by atoms with E-state index in [9.17, 15) is 28.8 Å². The highest BCUT2D eigenvalue weighted by atomic mass is 79.9. The lowest BCUT2D eigenvalue weighted by Crippen LogP contribution is -2.53. The highest BCUT2D eigenvalue weighted by Gasteiger charge is 2.56. The highest BCUT2D eigenvalue weighted by Crippen LogP contribution is 2.37. The summed E-state index contributed by atoms with van der Waals surface area (Å²) in [6.45, 7) is 14.8. The van der Waals surface area contributed by atoms with Crippen molar-refractivity contribution in [3.8, 4) is 11.5 Å². The molecule has 0 bridgehead atoms. The van der Waals surface area contributed by atoms with Gasteiger partial charge in [-0.3, -0.25) is 19.2 Å². The number of halogens is 2. The van der Waals surface area contributed by atoms with Gasteiger partial charge in [0.15, 0.2) is 11.1 Å². The molecule has 78 heavy (non-hydrogen) atoms. The minimum atomic E-state index is -1.41. The number of imide groups is 2. The predicted molar refractivity (Wildman–Crippen MR) is 322 cm³/mol. The van der Waals surface area contributed by atoms with Gasteiger partial charge in [-0.1, -0.05) is 108 Å². The van der Waals surface area contributed by atoms with E-state index in [0.717, 1.165) is 42.0 Å². The Morgan fingerprint density at radius 1 is 0.551 bits per heavy atom. The van der Waals surface area contributed by atoms with Crippen LogP contribution in [-0.4, -0.2) is 183 Å². The molecule has 0 saturated carbocycles. The van der Waals surface area contributed by atoms with Crippen LogP contribution in [0.15, 0.2) is 93.9 Å². The van der Waals surface area contributed by atoms with Crippen molar-refractivity contribution in [2.75, 3.05) is 54.0 Å². The van der Waals surface area contributed by atoms with Crippen molar-refractivity contribution in [3.63, 3.8) is 0 Å². The molecule has 0 spiro atoms. The number of hydrogen-bond acceptors (Lipinski definition) is 10. The number of carbonyl (C=O) groups excluding carboxylic acids is 6. The number of rotatable bonds is 20. The van der Waals surface area contributed by atoms with Crippen LogP contribution in [-0.2, 0) is 43.2 Å². The van der Waals surface area contributed by atoms with Crippen LogP contribution < -0.4 is 20.1 Å². The number of nitrogens with zero attached hydrogens (tertiary/aromatic N) is 4. The number of urea groups is 2. The Morgan fingerprint density at radius 3 is 1.19 bits per heavy atom. The lowest BCUT2D eigenvalue weighted by Gasteiger charge is -2.32. The molecule has 4 aromatic carbocycles.